The summed E-state index contributed by atoms with van der Waals surface area (Å²) in [6.07, 6.45) is -1.48. The molecule has 1 aromatic heterocycles. The lowest BCUT2D eigenvalue weighted by Crippen LogP contribution is -2.46. The van der Waals surface area contributed by atoms with E-state index in [0.717, 1.165) is 11.3 Å². The SMILES string of the molecule is CCOC(=O)CC1Oc2ccc(Cl)cc2N(Cc2nc3c(F)c(F)cc(F)c3s2)C1=O. The molecule has 11 heteroatoms. The number of ether oxygens (including phenoxy) is 2. The summed E-state index contributed by atoms with van der Waals surface area (Å²) in [6.45, 7) is 1.60. The predicted molar refractivity (Wildman–Crippen MR) is 108 cm³/mol. The minimum Gasteiger partial charge on any atom is -0.478 e. The van der Waals surface area contributed by atoms with Crippen LogP contribution in [0, 0.1) is 17.5 Å². The van der Waals surface area contributed by atoms with Crippen molar-refractivity contribution in [3.05, 3.63) is 51.7 Å². The van der Waals surface area contributed by atoms with Gasteiger partial charge >= 0.3 is 5.97 Å². The summed E-state index contributed by atoms with van der Waals surface area (Å²) in [6, 6.07) is 5.04. The van der Waals surface area contributed by atoms with Crippen LogP contribution >= 0.6 is 22.9 Å². The normalized spacial score (nSPS) is 15.7. The van der Waals surface area contributed by atoms with Gasteiger partial charge in [0.25, 0.3) is 5.91 Å². The van der Waals surface area contributed by atoms with Gasteiger partial charge in [-0.1, -0.05) is 11.6 Å². The Hall–Kier alpha value is -2.85. The maximum atomic E-state index is 14.1. The molecule has 0 N–H and O–H groups in total. The van der Waals surface area contributed by atoms with Crippen LogP contribution in [0.5, 0.6) is 5.75 Å². The summed E-state index contributed by atoms with van der Waals surface area (Å²) in [5.74, 6) is -4.46. The number of fused-ring (bicyclic) bond motifs is 2. The van der Waals surface area contributed by atoms with Gasteiger partial charge < -0.3 is 9.47 Å². The molecular weight excluding hydrogens is 457 g/mol. The second kappa shape index (κ2) is 8.35. The Morgan fingerprint density at radius 1 is 1.29 bits per heavy atom. The fraction of sp³-hybridized carbons (Fsp3) is 0.250. The molecule has 0 saturated carbocycles. The highest BCUT2D eigenvalue weighted by Gasteiger charge is 2.37. The van der Waals surface area contributed by atoms with Crippen molar-refractivity contribution in [3.8, 4) is 5.75 Å². The van der Waals surface area contributed by atoms with Crippen LogP contribution in [0.15, 0.2) is 24.3 Å². The van der Waals surface area contributed by atoms with E-state index in [-0.39, 0.29) is 29.3 Å². The number of thiazole rings is 1. The van der Waals surface area contributed by atoms with Crippen molar-refractivity contribution in [2.24, 2.45) is 0 Å². The molecule has 3 aromatic rings. The number of benzene rings is 2. The maximum absolute atomic E-state index is 14.1. The maximum Gasteiger partial charge on any atom is 0.310 e. The van der Waals surface area contributed by atoms with Crippen molar-refractivity contribution >= 4 is 50.7 Å². The highest BCUT2D eigenvalue weighted by molar-refractivity contribution is 7.18. The number of carbonyl (C=O) groups excluding carboxylic acids is 2. The summed E-state index contributed by atoms with van der Waals surface area (Å²) < 4.78 is 52.0. The minimum absolute atomic E-state index is 0.148. The lowest BCUT2D eigenvalue weighted by atomic mass is 10.1. The Labute approximate surface area is 183 Å². The first kappa shape index (κ1) is 21.4. The zero-order valence-corrected chi connectivity index (χ0v) is 17.5. The molecule has 1 atom stereocenters. The molecule has 0 bridgehead atoms. The predicted octanol–water partition coefficient (Wildman–Crippen LogP) is 4.61. The number of hydrogen-bond donors (Lipinski definition) is 0. The largest absolute Gasteiger partial charge is 0.478 e. The van der Waals surface area contributed by atoms with E-state index in [1.165, 1.54) is 11.0 Å². The first-order valence-corrected chi connectivity index (χ1v) is 10.3. The van der Waals surface area contributed by atoms with Crippen molar-refractivity contribution in [3.63, 3.8) is 0 Å². The molecule has 4 rings (SSSR count). The number of anilines is 1. The third-order valence-corrected chi connectivity index (χ3v) is 5.82. The van der Waals surface area contributed by atoms with Crippen LogP contribution in [0.2, 0.25) is 5.02 Å². The average molecular weight is 471 g/mol. The molecule has 1 aliphatic heterocycles. The molecule has 1 aliphatic rings. The Kier molecular flexibility index (Phi) is 5.76. The van der Waals surface area contributed by atoms with E-state index >= 15 is 0 Å². The van der Waals surface area contributed by atoms with Crippen molar-refractivity contribution < 1.29 is 32.2 Å². The Morgan fingerprint density at radius 2 is 2.06 bits per heavy atom. The molecule has 162 valence electrons. The van der Waals surface area contributed by atoms with Gasteiger partial charge in [-0.15, -0.1) is 11.3 Å². The molecule has 0 saturated heterocycles. The Morgan fingerprint density at radius 3 is 2.81 bits per heavy atom. The van der Waals surface area contributed by atoms with Crippen molar-refractivity contribution in [1.82, 2.24) is 4.98 Å². The number of nitrogens with zero attached hydrogens (tertiary/aromatic N) is 2. The van der Waals surface area contributed by atoms with Gasteiger partial charge in [0.05, 0.1) is 30.0 Å². The van der Waals surface area contributed by atoms with E-state index in [1.807, 2.05) is 0 Å². The molecule has 0 radical (unpaired) electrons. The van der Waals surface area contributed by atoms with E-state index in [0.29, 0.717) is 22.5 Å². The van der Waals surface area contributed by atoms with Gasteiger partial charge in [0, 0.05) is 11.1 Å². The monoisotopic (exact) mass is 470 g/mol. The quantitative estimate of drug-likeness (QED) is 0.402. The van der Waals surface area contributed by atoms with Crippen molar-refractivity contribution in [2.75, 3.05) is 11.5 Å². The van der Waals surface area contributed by atoms with Gasteiger partial charge in [0.1, 0.15) is 22.1 Å². The Bertz CT molecular complexity index is 1200. The van der Waals surface area contributed by atoms with Crippen LogP contribution in [-0.4, -0.2) is 29.6 Å². The minimum atomic E-state index is -1.35. The molecule has 2 aromatic carbocycles. The van der Waals surface area contributed by atoms with E-state index in [9.17, 15) is 22.8 Å². The number of carbonyl (C=O) groups is 2. The molecule has 0 aliphatic carbocycles. The first-order valence-electron chi connectivity index (χ1n) is 9.14. The van der Waals surface area contributed by atoms with Crippen LogP contribution in [0.3, 0.4) is 0 Å². The van der Waals surface area contributed by atoms with E-state index in [1.54, 1.807) is 19.1 Å². The number of halogens is 4. The lowest BCUT2D eigenvalue weighted by molar-refractivity contribution is -0.147. The molecule has 6 nitrogen and oxygen atoms in total. The van der Waals surface area contributed by atoms with Gasteiger partial charge in [-0.2, -0.15) is 0 Å². The van der Waals surface area contributed by atoms with Crippen LogP contribution in [-0.2, 0) is 20.9 Å². The molecule has 2 heterocycles. The lowest BCUT2D eigenvalue weighted by Gasteiger charge is -2.33. The van der Waals surface area contributed by atoms with E-state index < -0.39 is 40.9 Å². The van der Waals surface area contributed by atoms with Crippen molar-refractivity contribution in [2.45, 2.75) is 26.0 Å². The van der Waals surface area contributed by atoms with Gasteiger partial charge in [0.15, 0.2) is 17.7 Å². The number of esters is 1. The van der Waals surface area contributed by atoms with Gasteiger partial charge in [-0.25, -0.2) is 18.2 Å². The van der Waals surface area contributed by atoms with Gasteiger partial charge in [-0.05, 0) is 25.1 Å². The summed E-state index contributed by atoms with van der Waals surface area (Å²) in [5.41, 5.74) is -0.142. The van der Waals surface area contributed by atoms with E-state index in [2.05, 4.69) is 4.98 Å². The molecular formula is C20H14ClF3N2O4S. The number of hydrogen-bond acceptors (Lipinski definition) is 6. The van der Waals surface area contributed by atoms with Crippen LogP contribution in [0.4, 0.5) is 18.9 Å². The average Bonchev–Trinajstić information content (AvgIpc) is 3.15. The number of amides is 1. The highest BCUT2D eigenvalue weighted by Crippen LogP contribution is 2.39. The summed E-state index contributed by atoms with van der Waals surface area (Å²) >= 11 is 6.85. The molecule has 0 fully saturated rings. The van der Waals surface area contributed by atoms with E-state index in [4.69, 9.17) is 21.1 Å². The standard InChI is InChI=1S/C20H14ClF3N2O4S/c1-2-29-16(27)7-14-20(28)26(12-5-9(21)3-4-13(12)30-14)8-15-25-18-17(24)10(22)6-11(23)19(18)31-15/h3-6,14H,2,7-8H2,1H3. The second-order valence-corrected chi connectivity index (χ2v) is 8.11. The number of aromatic nitrogens is 1. The first-order chi connectivity index (χ1) is 14.8. The highest BCUT2D eigenvalue weighted by atomic mass is 35.5. The summed E-state index contributed by atoms with van der Waals surface area (Å²) in [4.78, 5) is 30.2. The molecule has 31 heavy (non-hydrogen) atoms. The van der Waals surface area contributed by atoms with Gasteiger partial charge in [0.2, 0.25) is 0 Å². The van der Waals surface area contributed by atoms with Crippen molar-refractivity contribution in [1.29, 1.82) is 0 Å². The second-order valence-electron chi connectivity index (χ2n) is 6.59. The topological polar surface area (TPSA) is 68.7 Å². The molecule has 0 spiro atoms. The zero-order valence-electron chi connectivity index (χ0n) is 16.0. The summed E-state index contributed by atoms with van der Waals surface area (Å²) in [5, 5.41) is 0.488. The third kappa shape index (κ3) is 4.05. The van der Waals surface area contributed by atoms with Crippen LogP contribution < -0.4 is 9.64 Å². The number of rotatable bonds is 5. The fourth-order valence-electron chi connectivity index (χ4n) is 3.19. The zero-order chi connectivity index (χ0) is 22.3. The van der Waals surface area contributed by atoms with Crippen LogP contribution in [0.25, 0.3) is 10.2 Å². The van der Waals surface area contributed by atoms with Gasteiger partial charge in [-0.3, -0.25) is 14.5 Å². The van der Waals surface area contributed by atoms with Crippen LogP contribution in [0.1, 0.15) is 18.4 Å². The third-order valence-electron chi connectivity index (χ3n) is 4.53. The Balaban J connectivity index is 1.72. The fourth-order valence-corrected chi connectivity index (χ4v) is 4.31. The molecule has 1 amide bonds. The summed E-state index contributed by atoms with van der Waals surface area (Å²) in [7, 11) is 0. The molecule has 1 unspecified atom stereocenters. The smallest absolute Gasteiger partial charge is 0.310 e.